The van der Waals surface area contributed by atoms with Crippen LogP contribution in [0.1, 0.15) is 10.4 Å². The standard InChI is InChI=1S/C16H12Cl2N2O4/c1-24-16-9-11(20(22)23)3-5-14(16)19-7-6-15(21)12-4-2-10(17)8-13(12)18/h2-9,19H,1H3/b7-6+. The van der Waals surface area contributed by atoms with Crippen molar-refractivity contribution in [3.8, 4) is 5.75 Å². The van der Waals surface area contributed by atoms with Gasteiger partial charge < -0.3 is 10.1 Å². The molecule has 0 aromatic heterocycles. The van der Waals surface area contributed by atoms with Crippen molar-refractivity contribution in [2.24, 2.45) is 0 Å². The lowest BCUT2D eigenvalue weighted by Gasteiger charge is -2.07. The Kier molecular flexibility index (Phi) is 5.78. The maximum atomic E-state index is 12.1. The van der Waals surface area contributed by atoms with E-state index < -0.39 is 4.92 Å². The Morgan fingerprint density at radius 1 is 1.25 bits per heavy atom. The fourth-order valence-corrected chi connectivity index (χ4v) is 2.40. The molecule has 0 atom stereocenters. The number of nitro benzene ring substituents is 1. The van der Waals surface area contributed by atoms with Gasteiger partial charge in [0.05, 0.1) is 28.8 Å². The van der Waals surface area contributed by atoms with E-state index in [1.165, 1.54) is 49.7 Å². The number of non-ortho nitro benzene ring substituents is 1. The average Bonchev–Trinajstić information content (AvgIpc) is 2.54. The molecule has 0 saturated carbocycles. The Labute approximate surface area is 147 Å². The van der Waals surface area contributed by atoms with Gasteiger partial charge in [-0.1, -0.05) is 23.2 Å². The molecule has 6 nitrogen and oxygen atoms in total. The monoisotopic (exact) mass is 366 g/mol. The second-order valence-corrected chi connectivity index (χ2v) is 5.45. The summed E-state index contributed by atoms with van der Waals surface area (Å²) < 4.78 is 5.09. The van der Waals surface area contributed by atoms with Gasteiger partial charge in [0.1, 0.15) is 5.75 Å². The maximum Gasteiger partial charge on any atom is 0.273 e. The van der Waals surface area contributed by atoms with E-state index in [0.717, 1.165) is 0 Å². The lowest BCUT2D eigenvalue weighted by molar-refractivity contribution is -0.384. The summed E-state index contributed by atoms with van der Waals surface area (Å²) in [5.41, 5.74) is 0.703. The second-order valence-electron chi connectivity index (χ2n) is 4.61. The Morgan fingerprint density at radius 2 is 2.00 bits per heavy atom. The molecule has 2 rings (SSSR count). The zero-order valence-corrected chi connectivity index (χ0v) is 14.0. The molecular formula is C16H12Cl2N2O4. The summed E-state index contributed by atoms with van der Waals surface area (Å²) in [5.74, 6) is -0.0316. The molecule has 24 heavy (non-hydrogen) atoms. The van der Waals surface area contributed by atoms with Crippen molar-refractivity contribution in [2.45, 2.75) is 0 Å². The lowest BCUT2D eigenvalue weighted by Crippen LogP contribution is -1.99. The second kappa shape index (κ2) is 7.81. The number of hydrogen-bond donors (Lipinski definition) is 1. The number of hydrogen-bond acceptors (Lipinski definition) is 5. The van der Waals surface area contributed by atoms with Crippen LogP contribution in [-0.4, -0.2) is 17.8 Å². The molecule has 0 aliphatic carbocycles. The molecule has 0 fully saturated rings. The van der Waals surface area contributed by atoms with Crippen LogP contribution in [0.15, 0.2) is 48.7 Å². The summed E-state index contributed by atoms with van der Waals surface area (Å²) in [7, 11) is 1.40. The van der Waals surface area contributed by atoms with Gasteiger partial charge in [-0.25, -0.2) is 0 Å². The highest BCUT2D eigenvalue weighted by Gasteiger charge is 2.11. The Balaban J connectivity index is 2.13. The van der Waals surface area contributed by atoms with E-state index in [0.29, 0.717) is 16.3 Å². The van der Waals surface area contributed by atoms with Gasteiger partial charge in [0.2, 0.25) is 0 Å². The number of carbonyl (C=O) groups excluding carboxylic acids is 1. The van der Waals surface area contributed by atoms with E-state index in [9.17, 15) is 14.9 Å². The zero-order valence-electron chi connectivity index (χ0n) is 12.5. The highest BCUT2D eigenvalue weighted by atomic mass is 35.5. The third-order valence-corrected chi connectivity index (χ3v) is 3.61. The molecule has 124 valence electrons. The molecule has 0 amide bonds. The van der Waals surface area contributed by atoms with E-state index >= 15 is 0 Å². The van der Waals surface area contributed by atoms with E-state index in [-0.39, 0.29) is 22.2 Å². The van der Waals surface area contributed by atoms with Gasteiger partial charge in [-0.3, -0.25) is 14.9 Å². The number of anilines is 1. The molecule has 0 aliphatic rings. The highest BCUT2D eigenvalue weighted by Crippen LogP contribution is 2.29. The van der Waals surface area contributed by atoms with Gasteiger partial charge in [0, 0.05) is 28.9 Å². The first-order valence-corrected chi connectivity index (χ1v) is 7.43. The third kappa shape index (κ3) is 4.24. The molecule has 8 heteroatoms. The van der Waals surface area contributed by atoms with Crippen molar-refractivity contribution >= 4 is 40.4 Å². The van der Waals surface area contributed by atoms with Crippen LogP contribution in [0, 0.1) is 10.1 Å². The molecule has 0 saturated heterocycles. The van der Waals surface area contributed by atoms with Crippen molar-refractivity contribution in [1.29, 1.82) is 0 Å². The molecule has 0 bridgehead atoms. The number of nitro groups is 1. The maximum absolute atomic E-state index is 12.1. The zero-order chi connectivity index (χ0) is 17.7. The number of ether oxygens (including phenoxy) is 1. The fraction of sp³-hybridized carbons (Fsp3) is 0.0625. The topological polar surface area (TPSA) is 81.5 Å². The predicted octanol–water partition coefficient (Wildman–Crippen LogP) is 4.72. The lowest BCUT2D eigenvalue weighted by atomic mass is 10.1. The number of carbonyl (C=O) groups is 1. The predicted molar refractivity (Wildman–Crippen MR) is 93.2 cm³/mol. The van der Waals surface area contributed by atoms with Gasteiger partial charge >= 0.3 is 0 Å². The molecule has 1 N–H and O–H groups in total. The van der Waals surface area contributed by atoms with Gasteiger partial charge in [0.25, 0.3) is 5.69 Å². The molecule has 2 aromatic rings. The smallest absolute Gasteiger partial charge is 0.273 e. The van der Waals surface area contributed by atoms with Gasteiger partial charge in [0.15, 0.2) is 5.78 Å². The van der Waals surface area contributed by atoms with Crippen LogP contribution in [0.3, 0.4) is 0 Å². The van der Waals surface area contributed by atoms with Crippen LogP contribution in [0.25, 0.3) is 0 Å². The number of nitrogens with one attached hydrogen (secondary N) is 1. The summed E-state index contributed by atoms with van der Waals surface area (Å²) in [6.07, 6.45) is 2.69. The largest absolute Gasteiger partial charge is 0.494 e. The van der Waals surface area contributed by atoms with Crippen LogP contribution in [0.4, 0.5) is 11.4 Å². The van der Waals surface area contributed by atoms with Crippen LogP contribution < -0.4 is 10.1 Å². The highest BCUT2D eigenvalue weighted by molar-refractivity contribution is 6.37. The number of benzene rings is 2. The summed E-state index contributed by atoms with van der Waals surface area (Å²) in [5, 5.41) is 14.3. The number of ketones is 1. The molecule has 0 heterocycles. The number of allylic oxidation sites excluding steroid dienone is 1. The first kappa shape index (κ1) is 17.8. The van der Waals surface area contributed by atoms with Gasteiger partial charge in [-0.2, -0.15) is 0 Å². The fourth-order valence-electron chi connectivity index (χ4n) is 1.90. The molecule has 0 spiro atoms. The van der Waals surface area contributed by atoms with E-state index in [1.54, 1.807) is 6.07 Å². The first-order valence-electron chi connectivity index (χ1n) is 6.67. The van der Waals surface area contributed by atoms with Crippen molar-refractivity contribution in [3.05, 3.63) is 74.4 Å². The molecular weight excluding hydrogens is 355 g/mol. The third-order valence-electron chi connectivity index (χ3n) is 3.07. The number of halogens is 2. The van der Waals surface area contributed by atoms with Crippen molar-refractivity contribution in [2.75, 3.05) is 12.4 Å². The number of rotatable bonds is 6. The minimum absolute atomic E-state index is 0.0922. The van der Waals surface area contributed by atoms with E-state index in [4.69, 9.17) is 27.9 Å². The molecule has 0 aliphatic heterocycles. The van der Waals surface area contributed by atoms with Gasteiger partial charge in [-0.15, -0.1) is 0 Å². The Bertz CT molecular complexity index is 822. The summed E-state index contributed by atoms with van der Waals surface area (Å²) >= 11 is 11.8. The number of nitrogens with zero attached hydrogens (tertiary/aromatic N) is 1. The molecule has 0 radical (unpaired) electrons. The summed E-state index contributed by atoms with van der Waals surface area (Å²) in [4.78, 5) is 22.3. The normalized spacial score (nSPS) is 10.6. The van der Waals surface area contributed by atoms with Gasteiger partial charge in [-0.05, 0) is 24.3 Å². The van der Waals surface area contributed by atoms with E-state index in [2.05, 4.69) is 5.32 Å². The first-order chi connectivity index (χ1) is 11.4. The minimum Gasteiger partial charge on any atom is -0.494 e. The molecule has 0 unspecified atom stereocenters. The van der Waals surface area contributed by atoms with Crippen LogP contribution in [-0.2, 0) is 0 Å². The van der Waals surface area contributed by atoms with E-state index in [1.807, 2.05) is 0 Å². The number of methoxy groups -OCH3 is 1. The van der Waals surface area contributed by atoms with Crippen LogP contribution in [0.2, 0.25) is 10.0 Å². The van der Waals surface area contributed by atoms with Crippen LogP contribution >= 0.6 is 23.2 Å². The van der Waals surface area contributed by atoms with Crippen molar-refractivity contribution < 1.29 is 14.5 Å². The Morgan fingerprint density at radius 3 is 2.62 bits per heavy atom. The van der Waals surface area contributed by atoms with Crippen molar-refractivity contribution in [3.63, 3.8) is 0 Å². The van der Waals surface area contributed by atoms with Crippen LogP contribution in [0.5, 0.6) is 5.75 Å². The average molecular weight is 367 g/mol. The summed E-state index contributed by atoms with van der Waals surface area (Å²) in [6, 6.07) is 8.69. The quantitative estimate of drug-likeness (QED) is 0.346. The summed E-state index contributed by atoms with van der Waals surface area (Å²) in [6.45, 7) is 0. The SMILES string of the molecule is COc1cc([N+](=O)[O-])ccc1N/C=C/C(=O)c1ccc(Cl)cc1Cl. The molecule has 2 aromatic carbocycles. The Hall–Kier alpha value is -2.57. The minimum atomic E-state index is -0.520. The van der Waals surface area contributed by atoms with Crippen molar-refractivity contribution in [1.82, 2.24) is 0 Å².